The highest BCUT2D eigenvalue weighted by molar-refractivity contribution is 7.91. The van der Waals surface area contributed by atoms with Gasteiger partial charge >= 0.3 is 6.09 Å². The van der Waals surface area contributed by atoms with Crippen LogP contribution in [0.4, 0.5) is 16.4 Å². The number of anilines is 2. The number of ether oxygens (including phenoxy) is 1. The van der Waals surface area contributed by atoms with Crippen LogP contribution >= 0.6 is 0 Å². The van der Waals surface area contributed by atoms with Gasteiger partial charge in [-0.2, -0.15) is 0 Å². The standard InChI is InChI=1S/C32H30N6O5S/c39-32(40)38-19-7-10-23(20-38)35-31-34-18-16-27(36-31)26-13-6-17-33-30(26)43-29-15-5-11-24-25(29)12-4-14-28(24)37-44(41,42)21-22-8-2-1-3-9-22/h1-6,8-9,11-18,23,37H,7,10,19-21H2,(H,39,40)(H,34,35,36)/t23-/m0/s1. The lowest BCUT2D eigenvalue weighted by Crippen LogP contribution is -2.44. The van der Waals surface area contributed by atoms with E-state index in [-0.39, 0.29) is 11.8 Å². The van der Waals surface area contributed by atoms with Crippen LogP contribution in [0, 0.1) is 0 Å². The number of benzene rings is 3. The molecule has 2 aromatic heterocycles. The molecule has 1 aliphatic heterocycles. The molecule has 3 aromatic carbocycles. The van der Waals surface area contributed by atoms with Crippen molar-refractivity contribution in [1.29, 1.82) is 0 Å². The largest absolute Gasteiger partial charge is 0.465 e. The zero-order valence-corrected chi connectivity index (χ0v) is 24.4. The summed E-state index contributed by atoms with van der Waals surface area (Å²) in [5, 5.41) is 14.0. The highest BCUT2D eigenvalue weighted by Crippen LogP contribution is 2.36. The summed E-state index contributed by atoms with van der Waals surface area (Å²) in [6, 6.07) is 25.1. The molecule has 0 spiro atoms. The van der Waals surface area contributed by atoms with Gasteiger partial charge in [0.15, 0.2) is 0 Å². The van der Waals surface area contributed by atoms with Crippen molar-refractivity contribution in [3.8, 4) is 22.9 Å². The molecule has 0 bridgehead atoms. The quantitative estimate of drug-likeness (QED) is 0.183. The zero-order valence-electron chi connectivity index (χ0n) is 23.6. The summed E-state index contributed by atoms with van der Waals surface area (Å²) in [5.74, 6) is 1.04. The molecule has 1 amide bonds. The first-order valence-corrected chi connectivity index (χ1v) is 15.8. The van der Waals surface area contributed by atoms with Gasteiger partial charge in [0.2, 0.25) is 21.9 Å². The van der Waals surface area contributed by atoms with Crippen LogP contribution in [0.3, 0.4) is 0 Å². The molecule has 0 radical (unpaired) electrons. The van der Waals surface area contributed by atoms with E-state index in [1.165, 1.54) is 4.90 Å². The van der Waals surface area contributed by atoms with E-state index >= 15 is 0 Å². The Morgan fingerprint density at radius 2 is 1.75 bits per heavy atom. The number of aromatic nitrogens is 3. The van der Waals surface area contributed by atoms with Crippen LogP contribution in [-0.2, 0) is 15.8 Å². The molecule has 224 valence electrons. The van der Waals surface area contributed by atoms with Gasteiger partial charge in [-0.15, -0.1) is 0 Å². The van der Waals surface area contributed by atoms with Gasteiger partial charge in [0.1, 0.15) is 5.75 Å². The number of carbonyl (C=O) groups is 1. The molecule has 11 nitrogen and oxygen atoms in total. The van der Waals surface area contributed by atoms with Crippen LogP contribution < -0.4 is 14.8 Å². The van der Waals surface area contributed by atoms with E-state index in [2.05, 4.69) is 25.0 Å². The maximum absolute atomic E-state index is 13.0. The van der Waals surface area contributed by atoms with E-state index in [0.29, 0.717) is 63.9 Å². The van der Waals surface area contributed by atoms with Crippen molar-refractivity contribution < 1.29 is 23.1 Å². The Kier molecular flexibility index (Phi) is 8.24. The topological polar surface area (TPSA) is 147 Å². The van der Waals surface area contributed by atoms with Crippen molar-refractivity contribution in [2.24, 2.45) is 0 Å². The van der Waals surface area contributed by atoms with Crippen molar-refractivity contribution >= 4 is 38.5 Å². The van der Waals surface area contributed by atoms with Crippen molar-refractivity contribution in [3.05, 3.63) is 103 Å². The number of pyridine rings is 1. The number of hydrogen-bond acceptors (Lipinski definition) is 8. The molecule has 3 N–H and O–H groups in total. The fourth-order valence-electron chi connectivity index (χ4n) is 5.26. The molecule has 1 fully saturated rings. The number of sulfonamides is 1. The number of nitrogens with zero attached hydrogens (tertiary/aromatic N) is 4. The SMILES string of the molecule is O=C(O)N1CCC[C@H](Nc2nccc(-c3cccnc3Oc3cccc4c(NS(=O)(=O)Cc5ccccc5)cccc34)n2)C1. The monoisotopic (exact) mass is 610 g/mol. The second-order valence-corrected chi connectivity index (χ2v) is 12.2. The molecule has 6 rings (SSSR count). The average Bonchev–Trinajstić information content (AvgIpc) is 3.02. The summed E-state index contributed by atoms with van der Waals surface area (Å²) in [7, 11) is -3.67. The molecule has 0 unspecified atom stereocenters. The lowest BCUT2D eigenvalue weighted by Gasteiger charge is -2.31. The second-order valence-electron chi connectivity index (χ2n) is 10.4. The Balaban J connectivity index is 1.25. The lowest BCUT2D eigenvalue weighted by atomic mass is 10.1. The molecule has 0 aliphatic carbocycles. The molecule has 5 aromatic rings. The minimum absolute atomic E-state index is 0.102. The van der Waals surface area contributed by atoms with Gasteiger partial charge in [0.05, 0.1) is 22.7 Å². The van der Waals surface area contributed by atoms with E-state index < -0.39 is 16.1 Å². The Hall–Kier alpha value is -5.23. The van der Waals surface area contributed by atoms with E-state index in [1.807, 2.05) is 36.4 Å². The number of carboxylic acid groups (broad SMARTS) is 1. The number of hydrogen-bond donors (Lipinski definition) is 3. The van der Waals surface area contributed by atoms with Gasteiger partial charge < -0.3 is 20.1 Å². The number of likely N-dealkylation sites (tertiary alicyclic amines) is 1. The van der Waals surface area contributed by atoms with Crippen LogP contribution in [-0.4, -0.2) is 58.6 Å². The van der Waals surface area contributed by atoms with Crippen molar-refractivity contribution in [3.63, 3.8) is 0 Å². The molecule has 44 heavy (non-hydrogen) atoms. The molecule has 12 heteroatoms. The smallest absolute Gasteiger partial charge is 0.407 e. The Bertz CT molecular complexity index is 1900. The Morgan fingerprint density at radius 3 is 2.59 bits per heavy atom. The molecule has 0 saturated carbocycles. The Labute approximate surface area is 254 Å². The first kappa shape index (κ1) is 28.9. The summed E-state index contributed by atoms with van der Waals surface area (Å²) in [6.45, 7) is 0.871. The van der Waals surface area contributed by atoms with E-state index in [0.717, 1.165) is 12.8 Å². The van der Waals surface area contributed by atoms with Crippen LogP contribution in [0.1, 0.15) is 18.4 Å². The Morgan fingerprint density at radius 1 is 0.932 bits per heavy atom. The predicted molar refractivity (Wildman–Crippen MR) is 168 cm³/mol. The average molecular weight is 611 g/mol. The third-order valence-electron chi connectivity index (χ3n) is 7.28. The summed E-state index contributed by atoms with van der Waals surface area (Å²) in [5.41, 5.74) is 2.34. The minimum atomic E-state index is -3.67. The van der Waals surface area contributed by atoms with Crippen LogP contribution in [0.15, 0.2) is 97.3 Å². The maximum atomic E-state index is 13.0. The van der Waals surface area contributed by atoms with Gasteiger partial charge in [-0.3, -0.25) is 4.72 Å². The highest BCUT2D eigenvalue weighted by Gasteiger charge is 2.24. The molecule has 1 saturated heterocycles. The predicted octanol–water partition coefficient (Wildman–Crippen LogP) is 5.98. The fraction of sp³-hybridized carbons (Fsp3) is 0.188. The van der Waals surface area contributed by atoms with Crippen molar-refractivity contribution in [1.82, 2.24) is 19.9 Å². The normalized spacial score (nSPS) is 15.1. The van der Waals surface area contributed by atoms with E-state index in [9.17, 15) is 18.3 Å². The number of rotatable bonds is 9. The number of fused-ring (bicyclic) bond motifs is 1. The van der Waals surface area contributed by atoms with Gasteiger partial charge in [-0.25, -0.2) is 28.2 Å². The number of amides is 1. The molecule has 1 atom stereocenters. The zero-order chi connectivity index (χ0) is 30.5. The molecule has 3 heterocycles. The molecular weight excluding hydrogens is 580 g/mol. The van der Waals surface area contributed by atoms with Gasteiger partial charge in [-0.05, 0) is 48.7 Å². The van der Waals surface area contributed by atoms with E-state index in [1.54, 1.807) is 60.9 Å². The third-order valence-corrected chi connectivity index (χ3v) is 8.53. The summed E-state index contributed by atoms with van der Waals surface area (Å²) in [4.78, 5) is 26.3. The first-order valence-electron chi connectivity index (χ1n) is 14.1. The third kappa shape index (κ3) is 6.70. The fourth-order valence-corrected chi connectivity index (χ4v) is 6.47. The van der Waals surface area contributed by atoms with Crippen LogP contribution in [0.5, 0.6) is 11.6 Å². The van der Waals surface area contributed by atoms with Crippen molar-refractivity contribution in [2.45, 2.75) is 24.6 Å². The maximum Gasteiger partial charge on any atom is 0.407 e. The lowest BCUT2D eigenvalue weighted by molar-refractivity contribution is 0.132. The first-order chi connectivity index (χ1) is 21.3. The van der Waals surface area contributed by atoms with Gasteiger partial charge in [0.25, 0.3) is 0 Å². The van der Waals surface area contributed by atoms with Crippen LogP contribution in [0.2, 0.25) is 0 Å². The van der Waals surface area contributed by atoms with Crippen LogP contribution in [0.25, 0.3) is 22.0 Å². The van der Waals surface area contributed by atoms with E-state index in [4.69, 9.17) is 4.74 Å². The van der Waals surface area contributed by atoms with Gasteiger partial charge in [0, 0.05) is 42.3 Å². The number of piperidine rings is 1. The van der Waals surface area contributed by atoms with Gasteiger partial charge in [-0.1, -0.05) is 54.6 Å². The summed E-state index contributed by atoms with van der Waals surface area (Å²) < 4.78 is 35.1. The molecule has 1 aliphatic rings. The summed E-state index contributed by atoms with van der Waals surface area (Å²) in [6.07, 6.45) is 3.88. The summed E-state index contributed by atoms with van der Waals surface area (Å²) >= 11 is 0. The van der Waals surface area contributed by atoms with Crippen molar-refractivity contribution in [2.75, 3.05) is 23.1 Å². The highest BCUT2D eigenvalue weighted by atomic mass is 32.2. The molecular formula is C32H30N6O5S. The number of nitrogens with one attached hydrogen (secondary N) is 2. The second kappa shape index (κ2) is 12.6. The minimum Gasteiger partial charge on any atom is -0.465 e.